The minimum atomic E-state index is -0.419. The van der Waals surface area contributed by atoms with Crippen LogP contribution in [0.2, 0.25) is 0 Å². The van der Waals surface area contributed by atoms with E-state index in [1.807, 2.05) is 6.92 Å². The average Bonchev–Trinajstić information content (AvgIpc) is 2.90. The van der Waals surface area contributed by atoms with E-state index in [0.29, 0.717) is 28.3 Å². The summed E-state index contributed by atoms with van der Waals surface area (Å²) in [6.07, 6.45) is 1.61. The molecule has 1 N–H and O–H groups in total. The van der Waals surface area contributed by atoms with E-state index in [0.717, 1.165) is 10.1 Å². The van der Waals surface area contributed by atoms with E-state index in [9.17, 15) is 9.59 Å². The number of nitrogens with one attached hydrogen (secondary N) is 1. The van der Waals surface area contributed by atoms with Crippen molar-refractivity contribution in [3.63, 3.8) is 0 Å². The van der Waals surface area contributed by atoms with Crippen LogP contribution >= 0.6 is 0 Å². The van der Waals surface area contributed by atoms with Crippen LogP contribution in [-0.4, -0.2) is 19.3 Å². The summed E-state index contributed by atoms with van der Waals surface area (Å²) in [5.74, 6) is 1.14. The van der Waals surface area contributed by atoms with Crippen LogP contribution in [0.1, 0.15) is 11.3 Å². The van der Waals surface area contributed by atoms with Gasteiger partial charge in [-0.1, -0.05) is 5.16 Å². The van der Waals surface area contributed by atoms with Crippen molar-refractivity contribution >= 4 is 22.5 Å². The lowest BCUT2D eigenvalue weighted by molar-refractivity contribution is 0.400. The van der Waals surface area contributed by atoms with Crippen molar-refractivity contribution in [1.29, 1.82) is 0 Å². The van der Waals surface area contributed by atoms with Crippen molar-refractivity contribution in [3.05, 3.63) is 44.4 Å². The fourth-order valence-corrected chi connectivity index (χ4v) is 2.34. The topological polar surface area (TPSA) is 95.0 Å². The first-order valence-corrected chi connectivity index (χ1v) is 6.66. The van der Waals surface area contributed by atoms with E-state index < -0.39 is 11.2 Å². The lowest BCUT2D eigenvalue weighted by atomic mass is 10.2. The molecule has 0 spiro atoms. The Morgan fingerprint density at radius 1 is 1.18 bits per heavy atom. The lowest BCUT2D eigenvalue weighted by Gasteiger charge is -2.12. The molecule has 3 aromatic heterocycles. The van der Waals surface area contributed by atoms with Crippen LogP contribution in [0.3, 0.4) is 0 Å². The number of aromatic nitrogens is 4. The molecule has 0 aliphatic rings. The van der Waals surface area contributed by atoms with Gasteiger partial charge in [-0.2, -0.15) is 0 Å². The molecule has 0 saturated heterocycles. The molecular weight excluding hydrogens is 286 g/mol. The van der Waals surface area contributed by atoms with Gasteiger partial charge in [0.1, 0.15) is 11.1 Å². The molecule has 0 aliphatic carbocycles. The molecular formula is C14H15N5O3. The molecule has 0 aromatic carbocycles. The van der Waals surface area contributed by atoms with E-state index in [2.05, 4.69) is 15.5 Å². The molecule has 22 heavy (non-hydrogen) atoms. The van der Waals surface area contributed by atoms with Gasteiger partial charge in [0.15, 0.2) is 11.5 Å². The van der Waals surface area contributed by atoms with E-state index in [-0.39, 0.29) is 0 Å². The Hall–Kier alpha value is -2.90. The summed E-state index contributed by atoms with van der Waals surface area (Å²) in [5, 5.41) is 7.28. The zero-order chi connectivity index (χ0) is 16.0. The first-order chi connectivity index (χ1) is 10.4. The number of aryl methyl sites for hydroxylation is 3. The predicted molar refractivity (Wildman–Crippen MR) is 81.5 cm³/mol. The number of hydrogen-bond acceptors (Lipinski definition) is 6. The largest absolute Gasteiger partial charge is 0.360 e. The van der Waals surface area contributed by atoms with Crippen LogP contribution in [0.4, 0.5) is 11.5 Å². The third-order valence-corrected chi connectivity index (χ3v) is 3.54. The Labute approximate surface area is 125 Å². The zero-order valence-corrected chi connectivity index (χ0v) is 12.7. The van der Waals surface area contributed by atoms with Crippen molar-refractivity contribution in [3.8, 4) is 0 Å². The predicted octanol–water partition coefficient (Wildman–Crippen LogP) is 0.981. The number of rotatable bonds is 2. The smallest absolute Gasteiger partial charge is 0.332 e. The highest BCUT2D eigenvalue weighted by molar-refractivity contribution is 5.91. The number of nitrogens with zero attached hydrogens (tertiary/aromatic N) is 4. The minimum Gasteiger partial charge on any atom is -0.360 e. The Kier molecular flexibility index (Phi) is 3.09. The van der Waals surface area contributed by atoms with Crippen LogP contribution in [0, 0.1) is 13.8 Å². The van der Waals surface area contributed by atoms with Gasteiger partial charge in [0, 0.05) is 26.4 Å². The molecule has 0 unspecified atom stereocenters. The van der Waals surface area contributed by atoms with Gasteiger partial charge in [0.05, 0.1) is 5.69 Å². The lowest BCUT2D eigenvalue weighted by Crippen LogP contribution is -2.37. The first-order valence-electron chi connectivity index (χ1n) is 6.66. The number of hydrogen-bond donors (Lipinski definition) is 1. The van der Waals surface area contributed by atoms with Gasteiger partial charge < -0.3 is 9.84 Å². The van der Waals surface area contributed by atoms with E-state index >= 15 is 0 Å². The normalized spacial score (nSPS) is 11.1. The Balaban J connectivity index is 2.36. The van der Waals surface area contributed by atoms with Crippen LogP contribution in [0.25, 0.3) is 11.0 Å². The Bertz CT molecular complexity index is 996. The zero-order valence-electron chi connectivity index (χ0n) is 12.7. The molecule has 0 saturated carbocycles. The van der Waals surface area contributed by atoms with Gasteiger partial charge in [0.25, 0.3) is 5.56 Å². The summed E-state index contributed by atoms with van der Waals surface area (Å²) in [7, 11) is 3.02. The monoisotopic (exact) mass is 301 g/mol. The van der Waals surface area contributed by atoms with Gasteiger partial charge >= 0.3 is 5.69 Å². The number of pyridine rings is 1. The number of anilines is 2. The highest BCUT2D eigenvalue weighted by Crippen LogP contribution is 2.25. The molecule has 0 atom stereocenters. The van der Waals surface area contributed by atoms with E-state index in [4.69, 9.17) is 4.52 Å². The third-order valence-electron chi connectivity index (χ3n) is 3.54. The Morgan fingerprint density at radius 3 is 2.55 bits per heavy atom. The summed E-state index contributed by atoms with van der Waals surface area (Å²) in [6.45, 7) is 3.60. The van der Waals surface area contributed by atoms with Gasteiger partial charge in [-0.15, -0.1) is 0 Å². The third kappa shape index (κ3) is 2.00. The molecule has 0 amide bonds. The summed E-state index contributed by atoms with van der Waals surface area (Å²) >= 11 is 0. The number of fused-ring (bicyclic) bond motifs is 1. The van der Waals surface area contributed by atoms with Gasteiger partial charge in [-0.05, 0) is 19.4 Å². The van der Waals surface area contributed by atoms with Gasteiger partial charge in [-0.3, -0.25) is 13.9 Å². The maximum absolute atomic E-state index is 12.5. The van der Waals surface area contributed by atoms with Crippen molar-refractivity contribution in [2.45, 2.75) is 13.8 Å². The molecule has 8 heteroatoms. The van der Waals surface area contributed by atoms with Crippen LogP contribution in [0.15, 0.2) is 26.4 Å². The summed E-state index contributed by atoms with van der Waals surface area (Å²) in [6, 6.07) is 1.72. The van der Waals surface area contributed by atoms with Crippen molar-refractivity contribution in [2.24, 2.45) is 14.1 Å². The quantitative estimate of drug-likeness (QED) is 0.758. The van der Waals surface area contributed by atoms with Gasteiger partial charge in [-0.25, -0.2) is 9.78 Å². The van der Waals surface area contributed by atoms with Crippen LogP contribution < -0.4 is 16.6 Å². The van der Waals surface area contributed by atoms with Gasteiger partial charge in [0.2, 0.25) is 0 Å². The van der Waals surface area contributed by atoms with Crippen LogP contribution in [-0.2, 0) is 14.1 Å². The molecule has 3 rings (SSSR count). The molecule has 0 fully saturated rings. The van der Waals surface area contributed by atoms with Crippen molar-refractivity contribution in [1.82, 2.24) is 19.3 Å². The molecule has 0 aliphatic heterocycles. The van der Waals surface area contributed by atoms with Crippen LogP contribution in [0.5, 0.6) is 0 Å². The molecule has 0 bridgehead atoms. The molecule has 3 heterocycles. The SMILES string of the molecule is Cc1cc(Nc2c(C)cnc3c2c(=O)n(C)c(=O)n3C)no1. The second-order valence-electron chi connectivity index (χ2n) is 5.17. The highest BCUT2D eigenvalue weighted by Gasteiger charge is 2.16. The molecule has 0 radical (unpaired) electrons. The minimum absolute atomic E-state index is 0.321. The van der Waals surface area contributed by atoms with Crippen molar-refractivity contribution < 1.29 is 4.52 Å². The average molecular weight is 301 g/mol. The summed E-state index contributed by atoms with van der Waals surface area (Å²) < 4.78 is 7.42. The maximum Gasteiger partial charge on any atom is 0.332 e. The maximum atomic E-state index is 12.5. The summed E-state index contributed by atoms with van der Waals surface area (Å²) in [5.41, 5.74) is 0.828. The second kappa shape index (κ2) is 4.83. The molecule has 8 nitrogen and oxygen atoms in total. The standard InChI is InChI=1S/C14H15N5O3/c1-7-6-15-12-10(13(20)19(4)14(21)18(12)3)11(7)16-9-5-8(2)22-17-9/h5-6H,1-4H3,(H,15,16,17). The molecule has 3 aromatic rings. The second-order valence-corrected chi connectivity index (χ2v) is 5.17. The summed E-state index contributed by atoms with van der Waals surface area (Å²) in [4.78, 5) is 28.7. The molecule has 114 valence electrons. The highest BCUT2D eigenvalue weighted by atomic mass is 16.5. The van der Waals surface area contributed by atoms with E-state index in [1.54, 1.807) is 26.2 Å². The fourth-order valence-electron chi connectivity index (χ4n) is 2.34. The first kappa shape index (κ1) is 14.1. The van der Waals surface area contributed by atoms with E-state index in [1.165, 1.54) is 11.6 Å². The Morgan fingerprint density at radius 2 is 1.91 bits per heavy atom. The van der Waals surface area contributed by atoms with Crippen molar-refractivity contribution in [2.75, 3.05) is 5.32 Å². The fraction of sp³-hybridized carbons (Fsp3) is 0.286.